The molecular weight excluding hydrogens is 460 g/mol. The summed E-state index contributed by atoms with van der Waals surface area (Å²) in [5.74, 6) is 1.85. The third-order valence-corrected chi connectivity index (χ3v) is 6.78. The smallest absolute Gasteiger partial charge is 0.305 e. The van der Waals surface area contributed by atoms with Crippen LogP contribution in [0.2, 0.25) is 0 Å². The van der Waals surface area contributed by atoms with E-state index >= 15 is 0 Å². The minimum absolute atomic E-state index is 0.135. The number of hydrogen-bond donors (Lipinski definition) is 0. The summed E-state index contributed by atoms with van der Waals surface area (Å²) < 4.78 is 17.7. The van der Waals surface area contributed by atoms with Crippen molar-refractivity contribution in [3.63, 3.8) is 0 Å². The maximum Gasteiger partial charge on any atom is 0.305 e. The molecule has 0 aliphatic rings. The molecule has 0 aromatic carbocycles. The zero-order valence-corrected chi connectivity index (χ0v) is 25.9. The van der Waals surface area contributed by atoms with Gasteiger partial charge >= 0.3 is 5.97 Å². The van der Waals surface area contributed by atoms with E-state index in [-0.39, 0.29) is 12.3 Å². The molecule has 0 fully saturated rings. The van der Waals surface area contributed by atoms with Crippen molar-refractivity contribution in [1.29, 1.82) is 0 Å². The van der Waals surface area contributed by atoms with Gasteiger partial charge in [0.15, 0.2) is 6.29 Å². The first-order chi connectivity index (χ1) is 17.6. The first-order valence-corrected chi connectivity index (χ1v) is 15.3. The number of carbonyl (C=O) groups excluding carboxylic acids is 1. The van der Waals surface area contributed by atoms with Crippen molar-refractivity contribution in [3.05, 3.63) is 23.3 Å². The first kappa shape index (κ1) is 35.9. The Morgan fingerprint density at radius 1 is 0.622 bits per heavy atom. The second kappa shape index (κ2) is 23.9. The van der Waals surface area contributed by atoms with Gasteiger partial charge in [-0.05, 0) is 90.4 Å². The largest absolute Gasteiger partial charge is 0.466 e. The molecule has 2 atom stereocenters. The predicted octanol–water partition coefficient (Wildman–Crippen LogP) is 9.82. The molecule has 0 aliphatic heterocycles. The van der Waals surface area contributed by atoms with Crippen LogP contribution in [0.25, 0.3) is 0 Å². The molecule has 2 unspecified atom stereocenters. The summed E-state index contributed by atoms with van der Waals surface area (Å²) in [5.41, 5.74) is 2.76. The average molecular weight is 523 g/mol. The van der Waals surface area contributed by atoms with E-state index in [9.17, 15) is 4.79 Å². The monoisotopic (exact) mass is 522 g/mol. The highest BCUT2D eigenvalue weighted by Crippen LogP contribution is 2.17. The maximum absolute atomic E-state index is 12.3. The van der Waals surface area contributed by atoms with E-state index in [1.54, 1.807) is 0 Å². The van der Waals surface area contributed by atoms with E-state index in [0.717, 1.165) is 44.4 Å². The van der Waals surface area contributed by atoms with Crippen molar-refractivity contribution in [2.75, 3.05) is 19.8 Å². The molecule has 0 saturated carbocycles. The molecule has 0 radical (unpaired) electrons. The highest BCUT2D eigenvalue weighted by atomic mass is 16.7. The van der Waals surface area contributed by atoms with Crippen LogP contribution in [0, 0.1) is 17.8 Å². The Morgan fingerprint density at radius 3 is 1.62 bits per heavy atom. The maximum atomic E-state index is 12.3. The molecule has 0 rings (SSSR count). The fourth-order valence-electron chi connectivity index (χ4n) is 4.12. The van der Waals surface area contributed by atoms with Gasteiger partial charge in [-0.2, -0.15) is 0 Å². The quantitative estimate of drug-likeness (QED) is 0.0547. The molecule has 0 aliphatic carbocycles. The lowest BCUT2D eigenvalue weighted by atomic mass is 10.0. The van der Waals surface area contributed by atoms with Crippen LogP contribution in [0.4, 0.5) is 0 Å². The number of rotatable bonds is 24. The van der Waals surface area contributed by atoms with Crippen molar-refractivity contribution < 1.29 is 19.0 Å². The minimum Gasteiger partial charge on any atom is -0.466 e. The van der Waals surface area contributed by atoms with Gasteiger partial charge in [-0.15, -0.1) is 0 Å². The number of carbonyl (C=O) groups is 1. The molecule has 0 bridgehead atoms. The fraction of sp³-hybridized carbons (Fsp3) is 0.848. The van der Waals surface area contributed by atoms with Crippen molar-refractivity contribution >= 4 is 5.97 Å². The summed E-state index contributed by atoms with van der Waals surface area (Å²) >= 11 is 0. The van der Waals surface area contributed by atoms with E-state index in [1.807, 2.05) is 0 Å². The number of allylic oxidation sites excluding steroid dienone is 4. The predicted molar refractivity (Wildman–Crippen MR) is 159 cm³/mol. The van der Waals surface area contributed by atoms with Gasteiger partial charge in [0.25, 0.3) is 0 Å². The molecule has 37 heavy (non-hydrogen) atoms. The van der Waals surface area contributed by atoms with Crippen molar-refractivity contribution in [1.82, 2.24) is 0 Å². The second-order valence-corrected chi connectivity index (χ2v) is 12.0. The Bertz CT molecular complexity index is 565. The number of unbranched alkanes of at least 4 members (excludes halogenated alkanes) is 3. The van der Waals surface area contributed by atoms with Gasteiger partial charge in [0.2, 0.25) is 0 Å². The average Bonchev–Trinajstić information content (AvgIpc) is 2.80. The summed E-state index contributed by atoms with van der Waals surface area (Å²) in [4.78, 5) is 12.3. The molecule has 0 aromatic rings. The number of hydrogen-bond acceptors (Lipinski definition) is 4. The summed E-state index contributed by atoms with van der Waals surface area (Å²) in [6.45, 7) is 19.6. The summed E-state index contributed by atoms with van der Waals surface area (Å²) in [6, 6.07) is 0. The van der Waals surface area contributed by atoms with Crippen LogP contribution < -0.4 is 0 Å². The molecule has 0 saturated heterocycles. The van der Waals surface area contributed by atoms with Gasteiger partial charge in [-0.1, -0.05) is 76.7 Å². The van der Waals surface area contributed by atoms with Gasteiger partial charge in [0, 0.05) is 19.6 Å². The summed E-state index contributed by atoms with van der Waals surface area (Å²) in [6.07, 6.45) is 17.7. The Labute approximate surface area is 231 Å². The normalized spacial score (nSPS) is 13.8. The van der Waals surface area contributed by atoms with E-state index in [4.69, 9.17) is 14.2 Å². The SMILES string of the molecule is CC(C)=CCCC(C)CCOC(CCC(=O)OCCCCCCC(C)C)OCCC(C)CCC=C(C)C. The molecule has 0 spiro atoms. The summed E-state index contributed by atoms with van der Waals surface area (Å²) in [7, 11) is 0. The molecule has 4 heteroatoms. The van der Waals surface area contributed by atoms with Gasteiger partial charge in [-0.25, -0.2) is 0 Å². The molecule has 0 aromatic heterocycles. The third kappa shape index (κ3) is 26.3. The lowest BCUT2D eigenvalue weighted by Crippen LogP contribution is -2.22. The van der Waals surface area contributed by atoms with Gasteiger partial charge in [0.05, 0.1) is 13.0 Å². The van der Waals surface area contributed by atoms with E-state index in [0.29, 0.717) is 44.5 Å². The van der Waals surface area contributed by atoms with E-state index in [2.05, 4.69) is 67.5 Å². The topological polar surface area (TPSA) is 44.8 Å². The second-order valence-electron chi connectivity index (χ2n) is 12.0. The van der Waals surface area contributed by atoms with E-state index < -0.39 is 0 Å². The number of ether oxygens (including phenoxy) is 3. The van der Waals surface area contributed by atoms with Crippen molar-refractivity contribution in [2.24, 2.45) is 17.8 Å². The van der Waals surface area contributed by atoms with Crippen molar-refractivity contribution in [2.45, 2.75) is 145 Å². The molecule has 4 nitrogen and oxygen atoms in total. The fourth-order valence-corrected chi connectivity index (χ4v) is 4.12. The Balaban J connectivity index is 4.38. The Hall–Kier alpha value is -1.13. The van der Waals surface area contributed by atoms with Crippen LogP contribution in [-0.2, 0) is 19.0 Å². The number of esters is 1. The highest BCUT2D eigenvalue weighted by Gasteiger charge is 2.15. The van der Waals surface area contributed by atoms with Gasteiger partial charge in [0.1, 0.15) is 0 Å². The molecular formula is C33H62O4. The van der Waals surface area contributed by atoms with Crippen molar-refractivity contribution in [3.8, 4) is 0 Å². The zero-order chi connectivity index (χ0) is 27.9. The van der Waals surface area contributed by atoms with Crippen LogP contribution in [-0.4, -0.2) is 32.1 Å². The van der Waals surface area contributed by atoms with Crippen LogP contribution >= 0.6 is 0 Å². The Kier molecular flexibility index (Phi) is 23.2. The molecule has 218 valence electrons. The molecule has 0 amide bonds. The lowest BCUT2D eigenvalue weighted by Gasteiger charge is -2.21. The third-order valence-electron chi connectivity index (χ3n) is 6.78. The highest BCUT2D eigenvalue weighted by molar-refractivity contribution is 5.69. The zero-order valence-electron chi connectivity index (χ0n) is 25.9. The molecule has 0 heterocycles. The Morgan fingerprint density at radius 2 is 1.14 bits per heavy atom. The van der Waals surface area contributed by atoms with Gasteiger partial charge < -0.3 is 14.2 Å². The van der Waals surface area contributed by atoms with Gasteiger partial charge in [-0.3, -0.25) is 4.79 Å². The van der Waals surface area contributed by atoms with Crippen LogP contribution in [0.5, 0.6) is 0 Å². The lowest BCUT2D eigenvalue weighted by molar-refractivity contribution is -0.161. The first-order valence-electron chi connectivity index (χ1n) is 15.3. The standard InChI is InChI=1S/C33H62O4/c1-27(2)15-11-9-10-12-24-35-32(34)20-21-33(36-25-22-30(7)18-13-16-28(3)4)37-26-23-31(8)19-14-17-29(5)6/h16-17,27,30-31,33H,9-15,18-26H2,1-8H3. The van der Waals surface area contributed by atoms with Crippen LogP contribution in [0.1, 0.15) is 139 Å². The minimum atomic E-state index is -0.335. The molecule has 0 N–H and O–H groups in total. The van der Waals surface area contributed by atoms with Crippen LogP contribution in [0.3, 0.4) is 0 Å². The van der Waals surface area contributed by atoms with E-state index in [1.165, 1.54) is 43.3 Å². The van der Waals surface area contributed by atoms with Crippen LogP contribution in [0.15, 0.2) is 23.3 Å². The summed E-state index contributed by atoms with van der Waals surface area (Å²) in [5, 5.41) is 0.